The number of aromatic nitrogens is 5. The van der Waals surface area contributed by atoms with E-state index in [0.717, 1.165) is 10.3 Å². The number of thiophene rings is 1. The van der Waals surface area contributed by atoms with Gasteiger partial charge in [-0.1, -0.05) is 19.9 Å². The van der Waals surface area contributed by atoms with Gasteiger partial charge < -0.3 is 19.2 Å². The first-order valence-corrected chi connectivity index (χ1v) is 13.4. The number of esters is 1. The third-order valence-corrected chi connectivity index (χ3v) is 7.19. The highest BCUT2D eigenvalue weighted by atomic mass is 32.1. The maximum absolute atomic E-state index is 13.2. The van der Waals surface area contributed by atoms with E-state index in [0.29, 0.717) is 54.7 Å². The number of hydrogen-bond donors (Lipinski definition) is 1. The lowest BCUT2D eigenvalue weighted by atomic mass is 10.00. The number of H-pyrrole nitrogens is 1. The van der Waals surface area contributed by atoms with Crippen molar-refractivity contribution in [2.45, 2.75) is 46.4 Å². The summed E-state index contributed by atoms with van der Waals surface area (Å²) in [6.45, 7) is 7.97. The van der Waals surface area contributed by atoms with Gasteiger partial charge in [0.25, 0.3) is 5.56 Å². The van der Waals surface area contributed by atoms with Crippen LogP contribution in [-0.4, -0.2) is 55.9 Å². The first-order chi connectivity index (χ1) is 18.4. The van der Waals surface area contributed by atoms with Gasteiger partial charge in [-0.05, 0) is 46.8 Å². The summed E-state index contributed by atoms with van der Waals surface area (Å²) in [5.74, 6) is 1.49. The molecule has 0 aliphatic carbocycles. The number of nitrogens with zero attached hydrogens (tertiary/aromatic N) is 5. The Bertz CT molecular complexity index is 1460. The third kappa shape index (κ3) is 5.55. The smallest absolute Gasteiger partial charge is 0.327 e. The van der Waals surface area contributed by atoms with Crippen molar-refractivity contribution in [2.24, 2.45) is 5.92 Å². The Kier molecular flexibility index (Phi) is 7.70. The average Bonchev–Trinajstić information content (AvgIpc) is 3.56. The molecule has 1 aliphatic heterocycles. The molecule has 0 unspecified atom stereocenters. The predicted octanol–water partition coefficient (Wildman–Crippen LogP) is 3.31. The van der Waals surface area contributed by atoms with E-state index in [-0.39, 0.29) is 30.7 Å². The predicted molar refractivity (Wildman–Crippen MR) is 141 cm³/mol. The topological polar surface area (TPSA) is 124 Å². The molecule has 4 aromatic rings. The molecular weight excluding hydrogens is 508 g/mol. The number of tetrazole rings is 1. The molecule has 0 spiro atoms. The number of aromatic amines is 1. The minimum Gasteiger partial charge on any atom is -0.486 e. The van der Waals surface area contributed by atoms with Crippen LogP contribution in [0.1, 0.15) is 43.1 Å². The largest absolute Gasteiger partial charge is 0.486 e. The molecule has 38 heavy (non-hydrogen) atoms. The Hall–Kier alpha value is -3.77. The van der Waals surface area contributed by atoms with Gasteiger partial charge in [0.1, 0.15) is 19.8 Å². The van der Waals surface area contributed by atoms with Crippen LogP contribution in [0.25, 0.3) is 10.9 Å². The molecule has 200 valence electrons. The van der Waals surface area contributed by atoms with Crippen LogP contribution in [0, 0.1) is 5.92 Å². The van der Waals surface area contributed by atoms with Gasteiger partial charge in [0.15, 0.2) is 17.3 Å². The van der Waals surface area contributed by atoms with Gasteiger partial charge in [-0.2, -0.15) is 0 Å². The summed E-state index contributed by atoms with van der Waals surface area (Å²) in [6, 6.07) is 9.38. The third-order valence-electron chi connectivity index (χ3n) is 6.33. The molecule has 0 bridgehead atoms. The van der Waals surface area contributed by atoms with Gasteiger partial charge >= 0.3 is 5.97 Å². The Balaban J connectivity index is 1.52. The molecule has 3 aromatic heterocycles. The minimum atomic E-state index is -0.408. The fourth-order valence-electron chi connectivity index (χ4n) is 4.73. The number of rotatable bonds is 10. The summed E-state index contributed by atoms with van der Waals surface area (Å²) in [5, 5.41) is 15.1. The van der Waals surface area contributed by atoms with Crippen molar-refractivity contribution in [2.75, 3.05) is 19.8 Å². The van der Waals surface area contributed by atoms with Crippen molar-refractivity contribution in [3.8, 4) is 11.5 Å². The van der Waals surface area contributed by atoms with E-state index >= 15 is 0 Å². The Labute approximate surface area is 223 Å². The Morgan fingerprint density at radius 3 is 2.71 bits per heavy atom. The standard InChI is InChI=1S/C26H30N6O5S/c1-4-35-23(33)15-32-25(28-29-30-32)24(16(2)3)31(14-19-6-5-9-38-19)13-18-10-17-11-21-22(37-8-7-36-21)12-20(17)27-26(18)34/h5-6,9-12,16,24H,4,7-8,13-15H2,1-3H3,(H,27,34)/t24-/m0/s1. The highest BCUT2D eigenvalue weighted by Gasteiger charge is 2.31. The van der Waals surface area contributed by atoms with E-state index in [9.17, 15) is 9.59 Å². The van der Waals surface area contributed by atoms with Gasteiger partial charge in [-0.15, -0.1) is 16.4 Å². The average molecular weight is 539 g/mol. The first kappa shape index (κ1) is 25.9. The molecule has 1 N–H and O–H groups in total. The number of nitrogens with one attached hydrogen (secondary N) is 1. The number of benzene rings is 1. The monoisotopic (exact) mass is 538 g/mol. The van der Waals surface area contributed by atoms with Crippen molar-refractivity contribution in [3.63, 3.8) is 0 Å². The quantitative estimate of drug-likeness (QED) is 0.303. The van der Waals surface area contributed by atoms with Crippen LogP contribution in [0.3, 0.4) is 0 Å². The summed E-state index contributed by atoms with van der Waals surface area (Å²) < 4.78 is 18.0. The highest BCUT2D eigenvalue weighted by Crippen LogP contribution is 2.35. The van der Waals surface area contributed by atoms with E-state index in [1.165, 1.54) is 4.68 Å². The SMILES string of the molecule is CCOC(=O)Cn1nnnc1[C@H](C(C)C)N(Cc1cccs1)Cc1cc2cc3c(cc2[nH]c1=O)OCCO3. The molecule has 1 aromatic carbocycles. The summed E-state index contributed by atoms with van der Waals surface area (Å²) >= 11 is 1.64. The van der Waals surface area contributed by atoms with Crippen LogP contribution in [0.2, 0.25) is 0 Å². The molecule has 5 rings (SSSR count). The van der Waals surface area contributed by atoms with Gasteiger partial charge in [-0.25, -0.2) is 4.68 Å². The van der Waals surface area contributed by atoms with Gasteiger partial charge in [0, 0.05) is 35.0 Å². The molecular formula is C26H30N6O5S. The molecule has 1 aliphatic rings. The van der Waals surface area contributed by atoms with Crippen molar-refractivity contribution in [1.29, 1.82) is 0 Å². The number of carbonyl (C=O) groups excluding carboxylic acids is 1. The lowest BCUT2D eigenvalue weighted by molar-refractivity contribution is -0.144. The molecule has 11 nitrogen and oxygen atoms in total. The lowest BCUT2D eigenvalue weighted by Crippen LogP contribution is -2.35. The zero-order valence-electron chi connectivity index (χ0n) is 21.5. The summed E-state index contributed by atoms with van der Waals surface area (Å²) in [6.07, 6.45) is 0. The van der Waals surface area contributed by atoms with Crippen LogP contribution in [-0.2, 0) is 29.2 Å². The zero-order chi connectivity index (χ0) is 26.6. The van der Waals surface area contributed by atoms with Crippen LogP contribution < -0.4 is 15.0 Å². The van der Waals surface area contributed by atoms with E-state index in [1.54, 1.807) is 24.3 Å². The molecule has 0 saturated carbocycles. The van der Waals surface area contributed by atoms with Crippen LogP contribution in [0.15, 0.2) is 40.5 Å². The number of hydrogen-bond acceptors (Lipinski definition) is 10. The van der Waals surface area contributed by atoms with E-state index < -0.39 is 5.97 Å². The van der Waals surface area contributed by atoms with Gasteiger partial charge in [0.05, 0.1) is 18.2 Å². The Morgan fingerprint density at radius 1 is 1.21 bits per heavy atom. The second-order valence-corrected chi connectivity index (χ2v) is 10.4. The van der Waals surface area contributed by atoms with E-state index in [2.05, 4.69) is 45.3 Å². The van der Waals surface area contributed by atoms with Crippen molar-refractivity contribution in [3.05, 3.63) is 62.3 Å². The van der Waals surface area contributed by atoms with Gasteiger partial charge in [0.2, 0.25) is 0 Å². The number of ether oxygens (including phenoxy) is 3. The van der Waals surface area contributed by atoms with Crippen LogP contribution >= 0.6 is 11.3 Å². The number of pyridine rings is 1. The van der Waals surface area contributed by atoms with Crippen molar-refractivity contribution in [1.82, 2.24) is 30.1 Å². The van der Waals surface area contributed by atoms with Crippen molar-refractivity contribution >= 4 is 28.2 Å². The fourth-order valence-corrected chi connectivity index (χ4v) is 5.46. The fraction of sp³-hybridized carbons (Fsp3) is 0.423. The molecule has 0 saturated heterocycles. The normalized spacial score (nSPS) is 13.8. The Morgan fingerprint density at radius 2 is 2.00 bits per heavy atom. The summed E-state index contributed by atoms with van der Waals surface area (Å²) in [4.78, 5) is 31.8. The molecule has 0 radical (unpaired) electrons. The molecule has 0 fully saturated rings. The minimum absolute atomic E-state index is 0.0685. The lowest BCUT2D eigenvalue weighted by Gasteiger charge is -2.33. The van der Waals surface area contributed by atoms with Gasteiger partial charge in [-0.3, -0.25) is 14.5 Å². The second kappa shape index (κ2) is 11.3. The maximum Gasteiger partial charge on any atom is 0.327 e. The number of carbonyl (C=O) groups is 1. The van der Waals surface area contributed by atoms with Crippen molar-refractivity contribution < 1.29 is 19.0 Å². The molecule has 1 atom stereocenters. The molecule has 0 amide bonds. The summed E-state index contributed by atoms with van der Waals surface area (Å²) in [7, 11) is 0. The molecule has 12 heteroatoms. The second-order valence-electron chi connectivity index (χ2n) is 9.38. The summed E-state index contributed by atoms with van der Waals surface area (Å²) in [5.41, 5.74) is 1.10. The highest BCUT2D eigenvalue weighted by molar-refractivity contribution is 7.09. The number of fused-ring (bicyclic) bond motifs is 2. The maximum atomic E-state index is 13.2. The van der Waals surface area contributed by atoms with E-state index in [1.807, 2.05) is 23.6 Å². The first-order valence-electron chi connectivity index (χ1n) is 12.6. The zero-order valence-corrected chi connectivity index (χ0v) is 22.4. The van der Waals surface area contributed by atoms with E-state index in [4.69, 9.17) is 14.2 Å². The molecule has 4 heterocycles. The van der Waals surface area contributed by atoms with Crippen LogP contribution in [0.5, 0.6) is 11.5 Å². The van der Waals surface area contributed by atoms with Crippen LogP contribution in [0.4, 0.5) is 0 Å².